The smallest absolute Gasteiger partial charge is 0.338 e. The zero-order valence-electron chi connectivity index (χ0n) is 11.4. The maximum atomic E-state index is 11.9. The molecule has 0 bridgehead atoms. The molecule has 1 atom stereocenters. The van der Waals surface area contributed by atoms with Gasteiger partial charge in [0.25, 0.3) is 0 Å². The summed E-state index contributed by atoms with van der Waals surface area (Å²) in [5, 5.41) is -0.244. The van der Waals surface area contributed by atoms with Crippen molar-refractivity contribution in [2.45, 2.75) is 12.3 Å². The van der Waals surface area contributed by atoms with Crippen LogP contribution in [0, 0.1) is 0 Å². The van der Waals surface area contributed by atoms with E-state index in [0.717, 1.165) is 0 Å². The number of rotatable bonds is 6. The number of benzene rings is 1. The van der Waals surface area contributed by atoms with Crippen molar-refractivity contribution in [3.8, 4) is 17.2 Å². The molecule has 0 amide bonds. The average Bonchev–Trinajstić information content (AvgIpc) is 2.42. The third kappa shape index (κ3) is 3.92. The first kappa shape index (κ1) is 15.4. The molecule has 0 spiro atoms. The molecule has 1 aromatic rings. The van der Waals surface area contributed by atoms with Gasteiger partial charge in [-0.25, -0.2) is 4.79 Å². The second-order valence-electron chi connectivity index (χ2n) is 3.79. The lowest BCUT2D eigenvalue weighted by molar-refractivity contribution is 0.0507. The van der Waals surface area contributed by atoms with Gasteiger partial charge >= 0.3 is 5.97 Å². The fraction of sp³-hybridized carbons (Fsp3) is 0.462. The number of ether oxygens (including phenoxy) is 4. The molecular weight excluding hydrogens is 272 g/mol. The predicted molar refractivity (Wildman–Crippen MR) is 71.7 cm³/mol. The Labute approximate surface area is 117 Å². The number of halogens is 1. The highest BCUT2D eigenvalue weighted by atomic mass is 35.5. The van der Waals surface area contributed by atoms with Crippen LogP contribution in [0.4, 0.5) is 0 Å². The van der Waals surface area contributed by atoms with Gasteiger partial charge in [0.1, 0.15) is 6.61 Å². The minimum absolute atomic E-state index is 0.136. The highest BCUT2D eigenvalue weighted by Gasteiger charge is 2.18. The van der Waals surface area contributed by atoms with Gasteiger partial charge < -0.3 is 18.9 Å². The molecule has 0 aliphatic carbocycles. The maximum Gasteiger partial charge on any atom is 0.338 e. The Balaban J connectivity index is 3.05. The van der Waals surface area contributed by atoms with Crippen LogP contribution >= 0.6 is 11.6 Å². The lowest BCUT2D eigenvalue weighted by atomic mass is 10.2. The zero-order valence-corrected chi connectivity index (χ0v) is 12.1. The summed E-state index contributed by atoms with van der Waals surface area (Å²) in [6.07, 6.45) is 0. The average molecular weight is 289 g/mol. The van der Waals surface area contributed by atoms with Crippen LogP contribution in [0.5, 0.6) is 17.2 Å². The van der Waals surface area contributed by atoms with Gasteiger partial charge in [0, 0.05) is 0 Å². The molecule has 0 aliphatic heterocycles. The van der Waals surface area contributed by atoms with Gasteiger partial charge in [-0.05, 0) is 19.1 Å². The lowest BCUT2D eigenvalue weighted by Gasteiger charge is -2.14. The van der Waals surface area contributed by atoms with Crippen LogP contribution in [0.2, 0.25) is 0 Å². The lowest BCUT2D eigenvalue weighted by Crippen LogP contribution is -2.12. The number of carbonyl (C=O) groups is 1. The van der Waals surface area contributed by atoms with Gasteiger partial charge in [0.05, 0.1) is 32.3 Å². The summed E-state index contributed by atoms with van der Waals surface area (Å²) in [4.78, 5) is 11.9. The van der Waals surface area contributed by atoms with Crippen molar-refractivity contribution >= 4 is 17.6 Å². The van der Waals surface area contributed by atoms with E-state index in [1.165, 1.54) is 33.5 Å². The molecule has 19 heavy (non-hydrogen) atoms. The summed E-state index contributed by atoms with van der Waals surface area (Å²) in [6, 6.07) is 3.06. The Hall–Kier alpha value is -1.62. The highest BCUT2D eigenvalue weighted by Crippen LogP contribution is 2.38. The van der Waals surface area contributed by atoms with Crippen molar-refractivity contribution < 1.29 is 23.7 Å². The second-order valence-corrected chi connectivity index (χ2v) is 4.54. The Morgan fingerprint density at radius 3 is 2.05 bits per heavy atom. The van der Waals surface area contributed by atoms with Crippen molar-refractivity contribution in [3.63, 3.8) is 0 Å². The number of hydrogen-bond donors (Lipinski definition) is 0. The Kier molecular flexibility index (Phi) is 5.76. The van der Waals surface area contributed by atoms with Crippen LogP contribution in [-0.2, 0) is 4.74 Å². The highest BCUT2D eigenvalue weighted by molar-refractivity contribution is 6.20. The van der Waals surface area contributed by atoms with E-state index in [4.69, 9.17) is 30.5 Å². The quantitative estimate of drug-likeness (QED) is 0.595. The van der Waals surface area contributed by atoms with Crippen molar-refractivity contribution in [2.75, 3.05) is 27.9 Å². The van der Waals surface area contributed by atoms with Crippen LogP contribution in [0.25, 0.3) is 0 Å². The summed E-state index contributed by atoms with van der Waals surface area (Å²) in [5.41, 5.74) is 0.312. The maximum absolute atomic E-state index is 11.9. The molecule has 1 aromatic carbocycles. The van der Waals surface area contributed by atoms with Crippen LogP contribution in [0.1, 0.15) is 17.3 Å². The number of hydrogen-bond acceptors (Lipinski definition) is 5. The van der Waals surface area contributed by atoms with Crippen LogP contribution in [-0.4, -0.2) is 39.3 Å². The van der Waals surface area contributed by atoms with E-state index in [2.05, 4.69) is 0 Å². The van der Waals surface area contributed by atoms with Crippen LogP contribution in [0.3, 0.4) is 0 Å². The fourth-order valence-corrected chi connectivity index (χ4v) is 1.54. The van der Waals surface area contributed by atoms with Gasteiger partial charge in [0.2, 0.25) is 5.75 Å². The van der Waals surface area contributed by atoms with E-state index >= 15 is 0 Å². The molecular formula is C13H17ClO5. The summed E-state index contributed by atoms with van der Waals surface area (Å²) < 4.78 is 20.5. The van der Waals surface area contributed by atoms with E-state index in [1.54, 1.807) is 6.92 Å². The first-order valence-electron chi connectivity index (χ1n) is 5.64. The Bertz CT molecular complexity index is 420. The van der Waals surface area contributed by atoms with Gasteiger partial charge in [-0.3, -0.25) is 0 Å². The van der Waals surface area contributed by atoms with Gasteiger partial charge in [-0.2, -0.15) is 0 Å². The van der Waals surface area contributed by atoms with Crippen molar-refractivity contribution in [1.29, 1.82) is 0 Å². The minimum atomic E-state index is -0.494. The standard InChI is InChI=1S/C13H17ClO5/c1-8(14)7-19-13(15)9-5-10(16-2)12(18-4)11(6-9)17-3/h5-6,8H,7H2,1-4H3. The molecule has 0 saturated carbocycles. The monoisotopic (exact) mass is 288 g/mol. The van der Waals surface area contributed by atoms with E-state index < -0.39 is 5.97 Å². The van der Waals surface area contributed by atoms with Crippen molar-refractivity contribution in [3.05, 3.63) is 17.7 Å². The van der Waals surface area contributed by atoms with Crippen LogP contribution < -0.4 is 14.2 Å². The van der Waals surface area contributed by atoms with Gasteiger partial charge in [-0.15, -0.1) is 11.6 Å². The predicted octanol–water partition coefficient (Wildman–Crippen LogP) is 2.50. The zero-order chi connectivity index (χ0) is 14.4. The number of alkyl halides is 1. The van der Waals surface area contributed by atoms with E-state index in [0.29, 0.717) is 22.8 Å². The van der Waals surface area contributed by atoms with Gasteiger partial charge in [0.15, 0.2) is 11.5 Å². The number of methoxy groups -OCH3 is 3. The molecule has 0 radical (unpaired) electrons. The summed E-state index contributed by atoms with van der Waals surface area (Å²) in [7, 11) is 4.45. The Morgan fingerprint density at radius 1 is 1.16 bits per heavy atom. The molecule has 1 rings (SSSR count). The largest absolute Gasteiger partial charge is 0.493 e. The third-order valence-corrected chi connectivity index (χ3v) is 2.47. The topological polar surface area (TPSA) is 54.0 Å². The third-order valence-electron chi connectivity index (χ3n) is 2.34. The molecule has 0 aliphatic rings. The first-order chi connectivity index (χ1) is 9.03. The minimum Gasteiger partial charge on any atom is -0.493 e. The summed E-state index contributed by atoms with van der Waals surface area (Å²) in [5.74, 6) is 0.722. The number of esters is 1. The molecule has 6 heteroatoms. The van der Waals surface area contributed by atoms with Gasteiger partial charge in [-0.1, -0.05) is 0 Å². The molecule has 0 aromatic heterocycles. The normalized spacial score (nSPS) is 11.6. The first-order valence-corrected chi connectivity index (χ1v) is 6.08. The Morgan fingerprint density at radius 2 is 1.68 bits per heavy atom. The van der Waals surface area contributed by atoms with Crippen molar-refractivity contribution in [1.82, 2.24) is 0 Å². The molecule has 0 N–H and O–H groups in total. The van der Waals surface area contributed by atoms with E-state index in [-0.39, 0.29) is 12.0 Å². The van der Waals surface area contributed by atoms with Crippen molar-refractivity contribution in [2.24, 2.45) is 0 Å². The fourth-order valence-electron chi connectivity index (χ4n) is 1.47. The molecule has 106 valence electrons. The van der Waals surface area contributed by atoms with E-state index in [9.17, 15) is 4.79 Å². The van der Waals surface area contributed by atoms with Crippen LogP contribution in [0.15, 0.2) is 12.1 Å². The second kappa shape index (κ2) is 7.09. The molecule has 5 nitrogen and oxygen atoms in total. The van der Waals surface area contributed by atoms with E-state index in [1.807, 2.05) is 0 Å². The molecule has 0 fully saturated rings. The SMILES string of the molecule is COc1cc(C(=O)OCC(C)Cl)cc(OC)c1OC. The molecule has 0 saturated heterocycles. The molecule has 1 unspecified atom stereocenters. The summed E-state index contributed by atoms with van der Waals surface area (Å²) >= 11 is 5.73. The molecule has 0 heterocycles. The number of carbonyl (C=O) groups excluding carboxylic acids is 1. The summed E-state index contributed by atoms with van der Waals surface area (Å²) in [6.45, 7) is 1.88.